The first kappa shape index (κ1) is 20.9. The normalized spacial score (nSPS) is 16.4. The standard InChI is InChI=1S/C7F15/c8-2(9,5(14,15)16)1(3(10,11)6(17,18)19)4(12,13)7(20,21)22. The van der Waals surface area contributed by atoms with Crippen LogP contribution in [0.25, 0.3) is 0 Å². The van der Waals surface area contributed by atoms with E-state index in [0.717, 1.165) is 0 Å². The Labute approximate surface area is 109 Å². The van der Waals surface area contributed by atoms with E-state index in [1.807, 2.05) is 0 Å². The van der Waals surface area contributed by atoms with Gasteiger partial charge in [-0.3, -0.25) is 0 Å². The average Bonchev–Trinajstić information content (AvgIpc) is 2.09. The third-order valence-electron chi connectivity index (χ3n) is 2.01. The van der Waals surface area contributed by atoms with Crippen molar-refractivity contribution in [3.8, 4) is 0 Å². The minimum atomic E-state index is -7.79. The second-order valence-electron chi connectivity index (χ2n) is 3.59. The van der Waals surface area contributed by atoms with E-state index < -0.39 is 42.2 Å². The van der Waals surface area contributed by atoms with E-state index in [4.69, 9.17) is 0 Å². The van der Waals surface area contributed by atoms with E-state index in [9.17, 15) is 65.9 Å². The van der Waals surface area contributed by atoms with Crippen LogP contribution in [-0.2, 0) is 0 Å². The molecule has 0 atom stereocenters. The van der Waals surface area contributed by atoms with Gasteiger partial charge < -0.3 is 0 Å². The van der Waals surface area contributed by atoms with Crippen molar-refractivity contribution < 1.29 is 65.9 Å². The molecule has 0 nitrogen and oxygen atoms in total. The molecule has 0 aliphatic carbocycles. The van der Waals surface area contributed by atoms with Crippen molar-refractivity contribution in [2.75, 3.05) is 0 Å². The molecule has 1 radical (unpaired) electrons. The van der Waals surface area contributed by atoms with Crippen molar-refractivity contribution >= 4 is 0 Å². The molecule has 0 aliphatic rings. The molecule has 0 bridgehead atoms. The first-order valence-electron chi connectivity index (χ1n) is 4.33. The molecule has 0 saturated carbocycles. The van der Waals surface area contributed by atoms with Crippen molar-refractivity contribution in [2.24, 2.45) is 0 Å². The van der Waals surface area contributed by atoms with Crippen LogP contribution in [0, 0.1) is 5.92 Å². The summed E-state index contributed by atoms with van der Waals surface area (Å²) in [6.07, 6.45) is -22.7. The Kier molecular flexibility index (Phi) is 4.74. The lowest BCUT2D eigenvalue weighted by molar-refractivity contribution is -0.372. The Morgan fingerprint density at radius 2 is 0.455 bits per heavy atom. The van der Waals surface area contributed by atoms with Gasteiger partial charge in [-0.05, 0) is 0 Å². The minimum Gasteiger partial charge on any atom is -0.195 e. The fourth-order valence-electron chi connectivity index (χ4n) is 1.02. The molecule has 0 fully saturated rings. The maximum Gasteiger partial charge on any atom is 0.454 e. The van der Waals surface area contributed by atoms with Crippen LogP contribution in [0.4, 0.5) is 65.9 Å². The van der Waals surface area contributed by atoms with Crippen molar-refractivity contribution in [2.45, 2.75) is 36.3 Å². The monoisotopic (exact) mass is 369 g/mol. The Morgan fingerprint density at radius 3 is 0.545 bits per heavy atom. The maximum atomic E-state index is 12.5. The van der Waals surface area contributed by atoms with Gasteiger partial charge in [0.1, 0.15) is 0 Å². The summed E-state index contributed by atoms with van der Waals surface area (Å²) >= 11 is 0. The minimum absolute atomic E-state index is 5.67. The molecule has 0 aliphatic heterocycles. The van der Waals surface area contributed by atoms with Gasteiger partial charge in [0.2, 0.25) is 5.92 Å². The van der Waals surface area contributed by atoms with Gasteiger partial charge in [0.05, 0.1) is 0 Å². The molecule has 0 N–H and O–H groups in total. The van der Waals surface area contributed by atoms with Crippen molar-refractivity contribution in [3.05, 3.63) is 5.92 Å². The number of hydrogen-bond acceptors (Lipinski definition) is 0. The maximum absolute atomic E-state index is 12.5. The van der Waals surface area contributed by atoms with E-state index in [1.165, 1.54) is 0 Å². The fourth-order valence-corrected chi connectivity index (χ4v) is 1.02. The van der Waals surface area contributed by atoms with E-state index in [2.05, 4.69) is 0 Å². The van der Waals surface area contributed by atoms with Gasteiger partial charge in [0.25, 0.3) is 0 Å². The van der Waals surface area contributed by atoms with Crippen LogP contribution in [0.5, 0.6) is 0 Å². The molecule has 0 aromatic heterocycles. The Hall–Kier alpha value is -1.05. The highest BCUT2D eigenvalue weighted by molar-refractivity contribution is 5.27. The molecule has 0 amide bonds. The first-order valence-corrected chi connectivity index (χ1v) is 4.33. The van der Waals surface area contributed by atoms with Crippen LogP contribution in [0.2, 0.25) is 0 Å². The van der Waals surface area contributed by atoms with Gasteiger partial charge in [-0.15, -0.1) is 0 Å². The summed E-state index contributed by atoms with van der Waals surface area (Å²) in [6.45, 7) is 0. The summed E-state index contributed by atoms with van der Waals surface area (Å²) in [5, 5.41) is 0. The third-order valence-corrected chi connectivity index (χ3v) is 2.01. The molecule has 133 valence electrons. The predicted molar refractivity (Wildman–Crippen MR) is 36.2 cm³/mol. The summed E-state index contributed by atoms with van der Waals surface area (Å²) in [7, 11) is 0. The van der Waals surface area contributed by atoms with Gasteiger partial charge >= 0.3 is 36.3 Å². The van der Waals surface area contributed by atoms with Crippen LogP contribution >= 0.6 is 0 Å². The third kappa shape index (κ3) is 3.16. The molecule has 0 saturated heterocycles. The number of halogens is 15. The zero-order chi connectivity index (χ0) is 18.6. The SMILES string of the molecule is FC(F)(F)C(F)(F)[C](C(F)(F)C(F)(F)F)C(F)(F)C(F)(F)F. The Bertz CT molecular complexity index is 330. The summed E-state index contributed by atoms with van der Waals surface area (Å²) in [5.74, 6) is -29.0. The summed E-state index contributed by atoms with van der Waals surface area (Å²) < 4.78 is 181. The highest BCUT2D eigenvalue weighted by Crippen LogP contribution is 2.62. The summed E-state index contributed by atoms with van der Waals surface area (Å²) in [5.41, 5.74) is 0. The molecule has 15 heteroatoms. The quantitative estimate of drug-likeness (QED) is 0.604. The van der Waals surface area contributed by atoms with E-state index in [1.54, 1.807) is 0 Å². The smallest absolute Gasteiger partial charge is 0.195 e. The number of rotatable bonds is 3. The molecule has 0 unspecified atom stereocenters. The molecule has 22 heavy (non-hydrogen) atoms. The highest BCUT2D eigenvalue weighted by atomic mass is 19.4. The van der Waals surface area contributed by atoms with Crippen molar-refractivity contribution in [1.29, 1.82) is 0 Å². The molecule has 0 aromatic rings. The summed E-state index contributed by atoms with van der Waals surface area (Å²) in [4.78, 5) is 0. The second-order valence-corrected chi connectivity index (χ2v) is 3.59. The zero-order valence-corrected chi connectivity index (χ0v) is 9.17. The van der Waals surface area contributed by atoms with Crippen LogP contribution in [0.1, 0.15) is 0 Å². The topological polar surface area (TPSA) is 0 Å². The number of alkyl halides is 15. The zero-order valence-electron chi connectivity index (χ0n) is 9.17. The molecular formula is C7F15. The van der Waals surface area contributed by atoms with Crippen LogP contribution < -0.4 is 0 Å². The molecule has 0 rings (SSSR count). The highest BCUT2D eigenvalue weighted by Gasteiger charge is 2.87. The van der Waals surface area contributed by atoms with E-state index >= 15 is 0 Å². The molecule has 0 spiro atoms. The lowest BCUT2D eigenvalue weighted by atomic mass is 9.86. The summed E-state index contributed by atoms with van der Waals surface area (Å²) in [6, 6.07) is 0. The fraction of sp³-hybridized carbons (Fsp3) is 0.857. The lowest BCUT2D eigenvalue weighted by Crippen LogP contribution is -2.64. The lowest BCUT2D eigenvalue weighted by Gasteiger charge is -2.38. The largest absolute Gasteiger partial charge is 0.454 e. The number of hydrogen-bond donors (Lipinski definition) is 0. The van der Waals surface area contributed by atoms with Crippen LogP contribution in [0.3, 0.4) is 0 Å². The van der Waals surface area contributed by atoms with Gasteiger partial charge in [-0.2, -0.15) is 65.9 Å². The molecule has 0 heterocycles. The average molecular weight is 369 g/mol. The van der Waals surface area contributed by atoms with Crippen LogP contribution in [0.15, 0.2) is 0 Å². The van der Waals surface area contributed by atoms with Gasteiger partial charge in [-0.1, -0.05) is 0 Å². The van der Waals surface area contributed by atoms with Crippen LogP contribution in [-0.4, -0.2) is 36.3 Å². The van der Waals surface area contributed by atoms with Gasteiger partial charge in [0, 0.05) is 0 Å². The Balaban J connectivity index is 6.53. The molecule has 0 aromatic carbocycles. The van der Waals surface area contributed by atoms with Crippen molar-refractivity contribution in [3.63, 3.8) is 0 Å². The predicted octanol–water partition coefficient (Wildman–Crippen LogP) is 5.15. The van der Waals surface area contributed by atoms with Gasteiger partial charge in [-0.25, -0.2) is 0 Å². The van der Waals surface area contributed by atoms with Gasteiger partial charge in [0.15, 0.2) is 0 Å². The molecular weight excluding hydrogens is 369 g/mol. The van der Waals surface area contributed by atoms with E-state index in [-0.39, 0.29) is 0 Å². The first-order chi connectivity index (χ1) is 9.12. The van der Waals surface area contributed by atoms with E-state index in [0.29, 0.717) is 0 Å². The van der Waals surface area contributed by atoms with Crippen molar-refractivity contribution in [1.82, 2.24) is 0 Å². The second kappa shape index (κ2) is 4.97. The Morgan fingerprint density at radius 1 is 0.318 bits per heavy atom.